The lowest BCUT2D eigenvalue weighted by molar-refractivity contribution is -0.107. The summed E-state index contributed by atoms with van der Waals surface area (Å²) in [6, 6.07) is 0. The summed E-state index contributed by atoms with van der Waals surface area (Å²) in [5.41, 5.74) is 0.525. The van der Waals surface area contributed by atoms with E-state index in [4.69, 9.17) is 4.74 Å². The molecule has 0 saturated carbocycles. The number of aromatic nitrogens is 2. The standard InChI is InChI=1S/C11H16N2O2/c1-11(2,3)10-12-7-9(15-4)8(13-10)5-6-14/h6-7H,5H2,1-4H3. The zero-order valence-electron chi connectivity index (χ0n) is 9.57. The van der Waals surface area contributed by atoms with Crippen LogP contribution in [0.5, 0.6) is 5.75 Å². The number of methoxy groups -OCH3 is 1. The number of aldehydes is 1. The van der Waals surface area contributed by atoms with Gasteiger partial charge in [-0.2, -0.15) is 0 Å². The molecule has 0 saturated heterocycles. The van der Waals surface area contributed by atoms with Crippen molar-refractivity contribution >= 4 is 6.29 Å². The highest BCUT2D eigenvalue weighted by Gasteiger charge is 2.19. The summed E-state index contributed by atoms with van der Waals surface area (Å²) in [7, 11) is 1.55. The average Bonchev–Trinajstić information content (AvgIpc) is 2.17. The summed E-state index contributed by atoms with van der Waals surface area (Å²) in [6.07, 6.45) is 2.69. The van der Waals surface area contributed by atoms with Crippen LogP contribution in [0.4, 0.5) is 0 Å². The van der Waals surface area contributed by atoms with Crippen LogP contribution in [0.25, 0.3) is 0 Å². The zero-order chi connectivity index (χ0) is 11.5. The number of rotatable bonds is 3. The van der Waals surface area contributed by atoms with Crippen molar-refractivity contribution in [1.29, 1.82) is 0 Å². The Kier molecular flexibility index (Phi) is 3.39. The fraction of sp³-hybridized carbons (Fsp3) is 0.545. The quantitative estimate of drug-likeness (QED) is 0.707. The predicted octanol–water partition coefficient (Wildman–Crippen LogP) is 1.52. The van der Waals surface area contributed by atoms with Crippen LogP contribution < -0.4 is 4.74 Å². The van der Waals surface area contributed by atoms with Crippen molar-refractivity contribution in [1.82, 2.24) is 9.97 Å². The predicted molar refractivity (Wildman–Crippen MR) is 57.1 cm³/mol. The lowest BCUT2D eigenvalue weighted by Gasteiger charge is -2.17. The van der Waals surface area contributed by atoms with E-state index in [1.807, 2.05) is 20.8 Å². The monoisotopic (exact) mass is 208 g/mol. The molecule has 0 fully saturated rings. The molecule has 0 N–H and O–H groups in total. The molecule has 4 nitrogen and oxygen atoms in total. The first-order valence-corrected chi connectivity index (χ1v) is 4.83. The first-order chi connectivity index (χ1) is 6.99. The molecule has 0 aliphatic carbocycles. The van der Waals surface area contributed by atoms with Gasteiger partial charge in [-0.05, 0) is 0 Å². The molecule has 0 aromatic carbocycles. The van der Waals surface area contributed by atoms with E-state index in [0.29, 0.717) is 11.4 Å². The average molecular weight is 208 g/mol. The summed E-state index contributed by atoms with van der Waals surface area (Å²) in [4.78, 5) is 19.0. The fourth-order valence-corrected chi connectivity index (χ4v) is 1.16. The van der Waals surface area contributed by atoms with E-state index < -0.39 is 0 Å². The molecule has 0 spiro atoms. The number of nitrogens with zero attached hydrogens (tertiary/aromatic N) is 2. The molecule has 82 valence electrons. The Hall–Kier alpha value is -1.45. The van der Waals surface area contributed by atoms with E-state index in [9.17, 15) is 4.79 Å². The normalized spacial score (nSPS) is 11.2. The van der Waals surface area contributed by atoms with E-state index in [2.05, 4.69) is 9.97 Å². The maximum absolute atomic E-state index is 10.5. The highest BCUT2D eigenvalue weighted by atomic mass is 16.5. The van der Waals surface area contributed by atoms with Gasteiger partial charge in [0.05, 0.1) is 19.0 Å². The summed E-state index contributed by atoms with van der Waals surface area (Å²) in [6.45, 7) is 6.08. The van der Waals surface area contributed by atoms with Gasteiger partial charge in [-0.25, -0.2) is 9.97 Å². The second-order valence-corrected chi connectivity index (χ2v) is 4.33. The van der Waals surface area contributed by atoms with E-state index in [1.165, 1.54) is 0 Å². The van der Waals surface area contributed by atoms with Gasteiger partial charge in [0.25, 0.3) is 0 Å². The smallest absolute Gasteiger partial charge is 0.159 e. The third-order valence-corrected chi connectivity index (χ3v) is 2.00. The Balaban J connectivity index is 3.15. The molecule has 1 aromatic rings. The van der Waals surface area contributed by atoms with Gasteiger partial charge < -0.3 is 9.53 Å². The summed E-state index contributed by atoms with van der Waals surface area (Å²) >= 11 is 0. The van der Waals surface area contributed by atoms with Crippen LogP contribution in [0.3, 0.4) is 0 Å². The molecule has 0 amide bonds. The Morgan fingerprint density at radius 1 is 1.47 bits per heavy atom. The zero-order valence-corrected chi connectivity index (χ0v) is 9.57. The van der Waals surface area contributed by atoms with Crippen LogP contribution in [0.1, 0.15) is 32.3 Å². The minimum Gasteiger partial charge on any atom is -0.493 e. The van der Waals surface area contributed by atoms with Crippen molar-refractivity contribution in [2.24, 2.45) is 0 Å². The third kappa shape index (κ3) is 2.75. The molecule has 0 aliphatic heterocycles. The molecule has 0 atom stereocenters. The summed E-state index contributed by atoms with van der Waals surface area (Å²) < 4.78 is 5.08. The number of ether oxygens (including phenoxy) is 1. The molecule has 1 heterocycles. The van der Waals surface area contributed by atoms with Crippen molar-refractivity contribution in [2.75, 3.05) is 7.11 Å². The van der Waals surface area contributed by atoms with Gasteiger partial charge in [0.15, 0.2) is 5.75 Å². The van der Waals surface area contributed by atoms with Crippen LogP contribution in [-0.4, -0.2) is 23.4 Å². The Morgan fingerprint density at radius 3 is 2.60 bits per heavy atom. The lowest BCUT2D eigenvalue weighted by atomic mass is 9.95. The molecule has 1 aromatic heterocycles. The van der Waals surface area contributed by atoms with Gasteiger partial charge in [0, 0.05) is 11.8 Å². The topological polar surface area (TPSA) is 52.1 Å². The highest BCUT2D eigenvalue weighted by molar-refractivity contribution is 5.55. The number of carbonyl (C=O) groups is 1. The third-order valence-electron chi connectivity index (χ3n) is 2.00. The minimum atomic E-state index is -0.121. The SMILES string of the molecule is COc1cnc(C(C)(C)C)nc1CC=O. The molecule has 4 heteroatoms. The summed E-state index contributed by atoms with van der Waals surface area (Å²) in [5, 5.41) is 0. The second kappa shape index (κ2) is 4.38. The second-order valence-electron chi connectivity index (χ2n) is 4.33. The number of hydrogen-bond donors (Lipinski definition) is 0. The minimum absolute atomic E-state index is 0.121. The van der Waals surface area contributed by atoms with Crippen molar-refractivity contribution in [3.63, 3.8) is 0 Å². The van der Waals surface area contributed by atoms with Gasteiger partial charge in [-0.3, -0.25) is 0 Å². The van der Waals surface area contributed by atoms with Crippen molar-refractivity contribution < 1.29 is 9.53 Å². The molecule has 1 rings (SSSR count). The summed E-state index contributed by atoms with van der Waals surface area (Å²) in [5.74, 6) is 1.29. The molecule has 15 heavy (non-hydrogen) atoms. The highest BCUT2D eigenvalue weighted by Crippen LogP contribution is 2.22. The Labute approximate surface area is 89.7 Å². The van der Waals surface area contributed by atoms with Gasteiger partial charge in [-0.1, -0.05) is 20.8 Å². The van der Waals surface area contributed by atoms with Crippen LogP contribution in [0.2, 0.25) is 0 Å². The maximum Gasteiger partial charge on any atom is 0.159 e. The molecule has 0 radical (unpaired) electrons. The van der Waals surface area contributed by atoms with Crippen molar-refractivity contribution in [3.8, 4) is 5.75 Å². The fourth-order valence-electron chi connectivity index (χ4n) is 1.16. The largest absolute Gasteiger partial charge is 0.493 e. The Bertz CT molecular complexity index is 356. The first kappa shape index (κ1) is 11.6. The van der Waals surface area contributed by atoms with Crippen molar-refractivity contribution in [2.45, 2.75) is 32.6 Å². The number of carbonyl (C=O) groups excluding carboxylic acids is 1. The van der Waals surface area contributed by atoms with Gasteiger partial charge in [-0.15, -0.1) is 0 Å². The molecule has 0 aliphatic rings. The van der Waals surface area contributed by atoms with E-state index in [1.54, 1.807) is 13.3 Å². The lowest BCUT2D eigenvalue weighted by Crippen LogP contribution is -2.17. The first-order valence-electron chi connectivity index (χ1n) is 4.83. The van der Waals surface area contributed by atoms with E-state index >= 15 is 0 Å². The van der Waals surface area contributed by atoms with E-state index in [0.717, 1.165) is 12.1 Å². The molecule has 0 bridgehead atoms. The molecular formula is C11H16N2O2. The van der Waals surface area contributed by atoms with Crippen LogP contribution in [0, 0.1) is 0 Å². The number of hydrogen-bond acceptors (Lipinski definition) is 4. The van der Waals surface area contributed by atoms with Crippen LogP contribution in [0.15, 0.2) is 6.20 Å². The van der Waals surface area contributed by atoms with Gasteiger partial charge in [0.1, 0.15) is 12.1 Å². The van der Waals surface area contributed by atoms with Crippen LogP contribution in [-0.2, 0) is 16.6 Å². The van der Waals surface area contributed by atoms with Crippen molar-refractivity contribution in [3.05, 3.63) is 17.7 Å². The maximum atomic E-state index is 10.5. The van der Waals surface area contributed by atoms with Gasteiger partial charge >= 0.3 is 0 Å². The van der Waals surface area contributed by atoms with Gasteiger partial charge in [0.2, 0.25) is 0 Å². The van der Waals surface area contributed by atoms with E-state index in [-0.39, 0.29) is 11.8 Å². The Morgan fingerprint density at radius 2 is 2.13 bits per heavy atom. The molecule has 0 unspecified atom stereocenters. The molecular weight excluding hydrogens is 192 g/mol. The van der Waals surface area contributed by atoms with Crippen LogP contribution >= 0.6 is 0 Å².